The highest BCUT2D eigenvalue weighted by Gasteiger charge is 2.56. The van der Waals surface area contributed by atoms with E-state index in [1.165, 1.54) is 0 Å². The molecule has 2 saturated heterocycles. The Bertz CT molecular complexity index is 3930. The second-order valence-corrected chi connectivity index (χ2v) is 26.4. The minimum absolute atomic E-state index is 0.0193. The molecule has 2 saturated carbocycles. The molecule has 2 aliphatic heterocycles. The van der Waals surface area contributed by atoms with Crippen molar-refractivity contribution < 1.29 is 85.4 Å². The number of hydrogen-bond acceptors (Lipinski definition) is 18. The first kappa shape index (κ1) is 73.7. The minimum Gasteiger partial charge on any atom is -0.452 e. The van der Waals surface area contributed by atoms with E-state index < -0.39 is 110 Å². The van der Waals surface area contributed by atoms with Gasteiger partial charge in [0.2, 0.25) is 0 Å². The van der Waals surface area contributed by atoms with E-state index in [2.05, 4.69) is 0 Å². The molecule has 13 rings (SSSR count). The van der Waals surface area contributed by atoms with Crippen LogP contribution in [-0.2, 0) is 115 Å². The van der Waals surface area contributed by atoms with E-state index in [0.29, 0.717) is 6.42 Å². The molecule has 0 amide bonds. The van der Waals surface area contributed by atoms with Crippen LogP contribution in [0.15, 0.2) is 273 Å². The molecule has 18 heteroatoms. The fourth-order valence-corrected chi connectivity index (χ4v) is 13.9. The number of ether oxygens (including phenoxy) is 16. The molecule has 9 aromatic carbocycles. The zero-order valence-corrected chi connectivity index (χ0v) is 58.3. The maximum atomic E-state index is 15.0. The van der Waals surface area contributed by atoms with E-state index in [9.17, 15) is 4.79 Å². The van der Waals surface area contributed by atoms with Crippen molar-refractivity contribution in [3.63, 3.8) is 0 Å². The molecule has 0 spiro atoms. The van der Waals surface area contributed by atoms with Crippen molar-refractivity contribution in [3.8, 4) is 0 Å². The molecule has 0 aromatic heterocycles. The van der Waals surface area contributed by atoms with Crippen molar-refractivity contribution in [2.45, 2.75) is 138 Å². The maximum absolute atomic E-state index is 15.0. The van der Waals surface area contributed by atoms with Crippen molar-refractivity contribution in [1.82, 2.24) is 0 Å². The van der Waals surface area contributed by atoms with Crippen molar-refractivity contribution in [2.75, 3.05) is 40.5 Å². The third-order valence-corrected chi connectivity index (χ3v) is 19.2. The van der Waals surface area contributed by atoms with E-state index in [0.717, 1.165) is 38.9 Å². The molecule has 10 unspecified atom stereocenters. The Labute approximate surface area is 608 Å². The topological polar surface area (TPSA) is 182 Å². The quantitative estimate of drug-likeness (QED) is 0.0211. The Morgan fingerprint density at radius 1 is 0.346 bits per heavy atom. The number of carbonyl (C=O) groups is 2. The molecule has 0 radical (unpaired) electrons. The highest BCUT2D eigenvalue weighted by atomic mass is 16.8. The first-order valence-corrected chi connectivity index (χ1v) is 35.7. The lowest BCUT2D eigenvalue weighted by atomic mass is 9.79. The van der Waals surface area contributed by atoms with Crippen LogP contribution >= 0.6 is 0 Å². The van der Waals surface area contributed by atoms with E-state index in [1.807, 2.05) is 224 Å². The molecular weight excluding hydrogens is 1320 g/mol. The summed E-state index contributed by atoms with van der Waals surface area (Å²) < 4.78 is 110. The van der Waals surface area contributed by atoms with Gasteiger partial charge in [0.1, 0.15) is 56.3 Å². The molecule has 104 heavy (non-hydrogen) atoms. The van der Waals surface area contributed by atoms with Gasteiger partial charge < -0.3 is 75.8 Å². The summed E-state index contributed by atoms with van der Waals surface area (Å²) in [5.74, 6) is -2.50. The molecule has 2 heterocycles. The number of esters is 2. The monoisotopic (exact) mass is 1410 g/mol. The third kappa shape index (κ3) is 20.2. The van der Waals surface area contributed by atoms with Gasteiger partial charge in [-0.2, -0.15) is 0 Å². The minimum atomic E-state index is -1.34. The molecular formula is C86H90O18. The number of carbonyl (C=O) groups excluding carboxylic acids is 2. The number of methoxy groups -OCH3 is 1. The van der Waals surface area contributed by atoms with Crippen LogP contribution in [0.25, 0.3) is 0 Å². The van der Waals surface area contributed by atoms with E-state index in [-0.39, 0.29) is 90.6 Å². The average Bonchev–Trinajstić information content (AvgIpc) is 0.777. The van der Waals surface area contributed by atoms with Gasteiger partial charge in [-0.1, -0.05) is 249 Å². The zero-order chi connectivity index (χ0) is 70.9. The second kappa shape index (κ2) is 38.4. The summed E-state index contributed by atoms with van der Waals surface area (Å²) in [7, 11) is 1.68. The van der Waals surface area contributed by atoms with Gasteiger partial charge in [0.15, 0.2) is 24.8 Å². The Balaban J connectivity index is 0.866. The molecule has 0 N–H and O–H groups in total. The van der Waals surface area contributed by atoms with Crippen molar-refractivity contribution in [2.24, 2.45) is 11.8 Å². The maximum Gasteiger partial charge on any atom is 0.338 e. The highest BCUT2D eigenvalue weighted by molar-refractivity contribution is 5.90. The molecule has 0 bridgehead atoms. The highest BCUT2D eigenvalue weighted by Crippen LogP contribution is 2.42. The van der Waals surface area contributed by atoms with Crippen molar-refractivity contribution in [1.29, 1.82) is 0 Å². The van der Waals surface area contributed by atoms with Gasteiger partial charge in [-0.3, -0.25) is 0 Å². The van der Waals surface area contributed by atoms with Gasteiger partial charge in [0.05, 0.1) is 88.9 Å². The van der Waals surface area contributed by atoms with Crippen LogP contribution in [0, 0.1) is 11.8 Å². The number of benzene rings is 9. The average molecular weight is 1410 g/mol. The molecule has 16 atom stereocenters. The summed E-state index contributed by atoms with van der Waals surface area (Å²) in [5.41, 5.74) is 6.99. The van der Waals surface area contributed by atoms with Gasteiger partial charge in [-0.05, 0) is 70.5 Å². The summed E-state index contributed by atoms with van der Waals surface area (Å²) in [4.78, 5) is 30.0. The molecule has 4 aliphatic rings. The largest absolute Gasteiger partial charge is 0.452 e. The number of fused-ring (bicyclic) bond motifs is 1. The lowest BCUT2D eigenvalue weighted by molar-refractivity contribution is -0.381. The van der Waals surface area contributed by atoms with Gasteiger partial charge in [0.25, 0.3) is 0 Å². The summed E-state index contributed by atoms with van der Waals surface area (Å²) >= 11 is 0. The molecule has 9 aromatic rings. The first-order valence-electron chi connectivity index (χ1n) is 35.7. The van der Waals surface area contributed by atoms with Crippen LogP contribution in [0.2, 0.25) is 0 Å². The SMILES string of the molecule is CO[C@H]1CC(CO[C@@H]2CC(CO[C@@H]3OC4COC(c5ccccc5)O[C@H]4C(OCOCc4ccccc4)C3OCOCc3ccccc3)[C@@H](OCc3ccccc3)C(OC(=O)c3ccccc3)C2OC(=O)c2ccccc2)[C@@H](OCc2ccccc2)C(OCc2ccccc2)C1OCc1ccccc1. The fraction of sp³-hybridized carbons (Fsp3) is 0.349. The fourth-order valence-electron chi connectivity index (χ4n) is 13.9. The first-order chi connectivity index (χ1) is 51.4. The van der Waals surface area contributed by atoms with E-state index >= 15 is 4.79 Å². The van der Waals surface area contributed by atoms with Crippen LogP contribution in [0.3, 0.4) is 0 Å². The standard InChI is InChI=1S/C86H90O18/c1-89-71-47-69(74(93-51-62-33-15-4-16-34-62)79(96-54-65-39-21-7-22-40-65)76(71)95-53-64-37-19-6-20-38-64)55-92-72-48-70(75(94-52-63-35-17-5-18-36-63)81(103-84(88)67-43-25-9-26-44-67)77(72)102-83(87)66-41-23-8-24-42-66)56-97-86-82(100-59-91-50-61-31-13-3-14-32-61)80(99-58-90-49-60-29-11-2-12-30-60)78-73(101-86)57-98-85(104-78)68-45-27-10-28-46-68/h2-46,69-82,85-86H,47-59H2,1H3/t69?,70?,71-,72+,73?,74+,75+,76?,77?,78+,79?,80?,81?,82?,85?,86+/m0/s1. The van der Waals surface area contributed by atoms with Crippen molar-refractivity contribution in [3.05, 3.63) is 323 Å². The predicted molar refractivity (Wildman–Crippen MR) is 385 cm³/mol. The Morgan fingerprint density at radius 3 is 1.18 bits per heavy atom. The lowest BCUT2D eigenvalue weighted by Gasteiger charge is -2.49. The van der Waals surface area contributed by atoms with E-state index in [1.54, 1.807) is 55.6 Å². The van der Waals surface area contributed by atoms with Crippen LogP contribution in [0.1, 0.15) is 78.8 Å². The van der Waals surface area contributed by atoms with Crippen molar-refractivity contribution >= 4 is 11.9 Å². The Hall–Kier alpha value is -8.64. The van der Waals surface area contributed by atoms with E-state index in [4.69, 9.17) is 75.8 Å². The Morgan fingerprint density at radius 2 is 0.721 bits per heavy atom. The molecule has 18 nitrogen and oxygen atoms in total. The second-order valence-electron chi connectivity index (χ2n) is 26.4. The zero-order valence-electron chi connectivity index (χ0n) is 58.3. The molecule has 4 fully saturated rings. The van der Waals surface area contributed by atoms with Crippen LogP contribution in [0.4, 0.5) is 0 Å². The molecule has 2 aliphatic carbocycles. The smallest absolute Gasteiger partial charge is 0.338 e. The number of hydrogen-bond donors (Lipinski definition) is 0. The van der Waals surface area contributed by atoms with Gasteiger partial charge in [-0.15, -0.1) is 0 Å². The summed E-state index contributed by atoms with van der Waals surface area (Å²) in [6.45, 7) is 1.000. The van der Waals surface area contributed by atoms with Gasteiger partial charge in [-0.25, -0.2) is 9.59 Å². The van der Waals surface area contributed by atoms with Crippen LogP contribution < -0.4 is 0 Å². The van der Waals surface area contributed by atoms with Gasteiger partial charge in [0, 0.05) is 24.5 Å². The lowest BCUT2D eigenvalue weighted by Crippen LogP contribution is -2.64. The third-order valence-electron chi connectivity index (χ3n) is 19.2. The normalized spacial score (nSPS) is 26.0. The van der Waals surface area contributed by atoms with Crippen LogP contribution in [-0.4, -0.2) is 132 Å². The summed E-state index contributed by atoms with van der Waals surface area (Å²) in [6.07, 6.45) is -12.0. The summed E-state index contributed by atoms with van der Waals surface area (Å²) in [6, 6.07) is 86.4. The number of rotatable bonds is 34. The molecule has 542 valence electrons. The summed E-state index contributed by atoms with van der Waals surface area (Å²) in [5, 5.41) is 0. The van der Waals surface area contributed by atoms with Crippen LogP contribution in [0.5, 0.6) is 0 Å². The Kier molecular flexibility index (Phi) is 27.2. The predicted octanol–water partition coefficient (Wildman–Crippen LogP) is 14.2. The van der Waals surface area contributed by atoms with Gasteiger partial charge >= 0.3 is 11.9 Å².